The van der Waals surface area contributed by atoms with Gasteiger partial charge in [0.15, 0.2) is 0 Å². The molecule has 0 aliphatic rings. The summed E-state index contributed by atoms with van der Waals surface area (Å²) in [5, 5.41) is 0. The summed E-state index contributed by atoms with van der Waals surface area (Å²) < 4.78 is 8.63. The Bertz CT molecular complexity index is 574. The maximum atomic E-state index is 6.02. The third-order valence-electron chi connectivity index (χ3n) is 2.50. The maximum absolute atomic E-state index is 6.02. The van der Waals surface area contributed by atoms with Crippen molar-refractivity contribution in [1.82, 2.24) is 0 Å². The number of thiophene rings is 1. The van der Waals surface area contributed by atoms with Gasteiger partial charge in [0, 0.05) is 15.4 Å². The van der Waals surface area contributed by atoms with Crippen LogP contribution in [0.15, 0.2) is 39.3 Å². The second-order valence-electron chi connectivity index (χ2n) is 4.11. The van der Waals surface area contributed by atoms with E-state index in [1.54, 1.807) is 0 Å². The molecule has 0 aliphatic carbocycles. The Kier molecular flexibility index (Phi) is 5.31. The van der Waals surface area contributed by atoms with E-state index >= 15 is 0 Å². The highest BCUT2D eigenvalue weighted by Gasteiger charge is 2.21. The Balaban J connectivity index is 2.26. The van der Waals surface area contributed by atoms with Crippen molar-refractivity contribution < 1.29 is 4.74 Å². The zero-order valence-electron chi connectivity index (χ0n) is 10.1. The summed E-state index contributed by atoms with van der Waals surface area (Å²) >= 11 is 14.4. The maximum Gasteiger partial charge on any atom is 0.148 e. The van der Waals surface area contributed by atoms with Crippen molar-refractivity contribution in [1.29, 1.82) is 0 Å². The summed E-state index contributed by atoms with van der Waals surface area (Å²) in [6.07, 6.45) is -0.213. The molecule has 0 aliphatic heterocycles. The zero-order chi connectivity index (χ0) is 14.0. The summed E-state index contributed by atoms with van der Waals surface area (Å²) in [6, 6.07) is 9.45. The lowest BCUT2D eigenvalue weighted by atomic mass is 10.1. The molecule has 2 N–H and O–H groups in total. The molecule has 2 atom stereocenters. The average Bonchev–Trinajstić information content (AvgIpc) is 2.74. The Hall–Kier alpha value is -0.0700. The van der Waals surface area contributed by atoms with E-state index in [-0.39, 0.29) is 12.1 Å². The number of nitrogens with two attached hydrogens (primary N) is 1. The van der Waals surface area contributed by atoms with E-state index in [0.29, 0.717) is 0 Å². The van der Waals surface area contributed by atoms with Crippen LogP contribution >= 0.6 is 54.8 Å². The molecule has 0 spiro atoms. The lowest BCUT2D eigenvalue weighted by molar-refractivity contribution is 0.183. The predicted molar refractivity (Wildman–Crippen MR) is 88.2 cm³/mol. The fourth-order valence-electron chi connectivity index (χ4n) is 1.61. The lowest BCUT2D eigenvalue weighted by Crippen LogP contribution is -2.28. The van der Waals surface area contributed by atoms with E-state index in [0.717, 1.165) is 23.9 Å². The van der Waals surface area contributed by atoms with Gasteiger partial charge in [-0.3, -0.25) is 0 Å². The molecule has 0 radical (unpaired) electrons. The van der Waals surface area contributed by atoms with Crippen LogP contribution in [0.3, 0.4) is 0 Å². The molecule has 0 fully saturated rings. The first-order valence-corrected chi connectivity index (χ1v) is 8.38. The van der Waals surface area contributed by atoms with Gasteiger partial charge in [0.05, 0.1) is 8.81 Å². The van der Waals surface area contributed by atoms with Crippen molar-refractivity contribution in [3.05, 3.63) is 48.5 Å². The van der Waals surface area contributed by atoms with E-state index in [2.05, 4.69) is 31.9 Å². The van der Waals surface area contributed by atoms with Crippen LogP contribution in [-0.2, 0) is 0 Å². The second-order valence-corrected chi connectivity index (χ2v) is 7.63. The first-order chi connectivity index (χ1) is 8.97. The largest absolute Gasteiger partial charge is 0.482 e. The molecular weight excluding hydrogens is 413 g/mol. The highest BCUT2D eigenvalue weighted by Crippen LogP contribution is 2.35. The van der Waals surface area contributed by atoms with Crippen LogP contribution < -0.4 is 10.5 Å². The third-order valence-corrected chi connectivity index (χ3v) is 4.91. The molecule has 1 aromatic heterocycles. The smallest absolute Gasteiger partial charge is 0.148 e. The van der Waals surface area contributed by atoms with E-state index in [1.165, 1.54) is 11.3 Å². The van der Waals surface area contributed by atoms with Crippen LogP contribution in [0.25, 0.3) is 0 Å². The van der Waals surface area contributed by atoms with Gasteiger partial charge in [-0.25, -0.2) is 0 Å². The van der Waals surface area contributed by atoms with Crippen molar-refractivity contribution >= 4 is 54.8 Å². The molecule has 102 valence electrons. The first-order valence-electron chi connectivity index (χ1n) is 5.60. The quantitative estimate of drug-likeness (QED) is 0.712. The molecule has 2 aromatic rings. The molecule has 2 rings (SSSR count). The van der Waals surface area contributed by atoms with E-state index in [4.69, 9.17) is 22.1 Å². The Morgan fingerprint density at radius 3 is 2.53 bits per heavy atom. The summed E-state index contributed by atoms with van der Waals surface area (Å²) in [5.74, 6) is 0.759. The van der Waals surface area contributed by atoms with Crippen molar-refractivity contribution in [2.24, 2.45) is 5.73 Å². The fourth-order valence-corrected chi connectivity index (χ4v) is 3.96. The Morgan fingerprint density at radius 1 is 1.26 bits per heavy atom. The number of halogens is 3. The fraction of sp³-hybridized carbons (Fsp3) is 0.231. The van der Waals surface area contributed by atoms with E-state index < -0.39 is 0 Å². The van der Waals surface area contributed by atoms with Crippen molar-refractivity contribution in [2.45, 2.75) is 19.1 Å². The number of ether oxygens (including phenoxy) is 1. The average molecular weight is 426 g/mol. The summed E-state index contributed by atoms with van der Waals surface area (Å²) in [4.78, 5) is 1.02. The van der Waals surface area contributed by atoms with Crippen LogP contribution in [0, 0.1) is 0 Å². The van der Waals surface area contributed by atoms with Gasteiger partial charge in [0.25, 0.3) is 0 Å². The van der Waals surface area contributed by atoms with Crippen LogP contribution in [0.2, 0.25) is 4.34 Å². The first kappa shape index (κ1) is 15.3. The molecule has 1 heterocycles. The minimum absolute atomic E-state index is 0.134. The summed E-state index contributed by atoms with van der Waals surface area (Å²) in [5.41, 5.74) is 6.02. The number of rotatable bonds is 4. The monoisotopic (exact) mass is 423 g/mol. The molecule has 1 aromatic carbocycles. The van der Waals surface area contributed by atoms with Crippen molar-refractivity contribution in [2.75, 3.05) is 0 Å². The number of benzene rings is 1. The van der Waals surface area contributed by atoms with Gasteiger partial charge in [-0.15, -0.1) is 11.3 Å². The third kappa shape index (κ3) is 3.95. The van der Waals surface area contributed by atoms with Gasteiger partial charge in [-0.05, 0) is 53.2 Å². The van der Waals surface area contributed by atoms with Gasteiger partial charge in [-0.1, -0.05) is 27.5 Å². The van der Waals surface area contributed by atoms with Crippen LogP contribution in [-0.4, -0.2) is 6.04 Å². The topological polar surface area (TPSA) is 35.2 Å². The van der Waals surface area contributed by atoms with Gasteiger partial charge >= 0.3 is 0 Å². The normalized spacial score (nSPS) is 14.2. The van der Waals surface area contributed by atoms with E-state index in [1.807, 2.05) is 37.3 Å². The molecule has 0 saturated carbocycles. The molecular formula is C13H12Br2ClNOS. The van der Waals surface area contributed by atoms with Crippen LogP contribution in [0.4, 0.5) is 0 Å². The van der Waals surface area contributed by atoms with Crippen LogP contribution in [0.1, 0.15) is 17.9 Å². The van der Waals surface area contributed by atoms with Gasteiger partial charge in [-0.2, -0.15) is 0 Å². The standard InChI is InChI=1S/C13H12Br2ClNOS/c1-7(17)13(11-4-5-12(16)19-11)18-10-3-2-8(14)6-9(10)15/h2-7,13H,17H2,1H3. The highest BCUT2D eigenvalue weighted by molar-refractivity contribution is 9.11. The number of hydrogen-bond donors (Lipinski definition) is 1. The molecule has 6 heteroatoms. The molecule has 0 amide bonds. The SMILES string of the molecule is CC(N)C(Oc1ccc(Br)cc1Br)c1ccc(Cl)s1. The predicted octanol–water partition coefficient (Wildman–Crippen LogP) is 5.39. The molecule has 2 unspecified atom stereocenters. The van der Waals surface area contributed by atoms with Crippen LogP contribution in [0.5, 0.6) is 5.75 Å². The van der Waals surface area contributed by atoms with Gasteiger partial charge in [0.1, 0.15) is 11.9 Å². The molecule has 0 bridgehead atoms. The van der Waals surface area contributed by atoms with Gasteiger partial charge in [0.2, 0.25) is 0 Å². The second kappa shape index (κ2) is 6.59. The number of hydrogen-bond acceptors (Lipinski definition) is 3. The van der Waals surface area contributed by atoms with Crippen molar-refractivity contribution in [3.8, 4) is 5.75 Å². The summed E-state index contributed by atoms with van der Waals surface area (Å²) in [6.45, 7) is 1.92. The minimum Gasteiger partial charge on any atom is -0.482 e. The molecule has 2 nitrogen and oxygen atoms in total. The Labute approximate surface area is 138 Å². The minimum atomic E-state index is -0.213. The Morgan fingerprint density at radius 2 is 2.00 bits per heavy atom. The van der Waals surface area contributed by atoms with E-state index in [9.17, 15) is 0 Å². The highest BCUT2D eigenvalue weighted by atomic mass is 79.9. The molecule has 19 heavy (non-hydrogen) atoms. The van der Waals surface area contributed by atoms with Gasteiger partial charge < -0.3 is 10.5 Å². The molecule has 0 saturated heterocycles. The lowest BCUT2D eigenvalue weighted by Gasteiger charge is -2.22. The van der Waals surface area contributed by atoms with Crippen molar-refractivity contribution in [3.63, 3.8) is 0 Å². The zero-order valence-corrected chi connectivity index (χ0v) is 14.8. The summed E-state index contributed by atoms with van der Waals surface area (Å²) in [7, 11) is 0.